The van der Waals surface area contributed by atoms with Gasteiger partial charge in [-0.15, -0.1) is 0 Å². The number of hydrogen-bond acceptors (Lipinski definition) is 2. The number of nitrogens with zero attached hydrogens (tertiary/aromatic N) is 1. The standard InChI is InChI=1S/C14H19FN2/c1-14(2,11-17-10-6-5-9-16)12-7-3-4-8-13(12)15/h3-4,7-8,17H,5-6,10-11H2,1-2H3. The minimum Gasteiger partial charge on any atom is -0.316 e. The van der Waals surface area contributed by atoms with Crippen LogP contribution in [-0.2, 0) is 5.41 Å². The monoisotopic (exact) mass is 234 g/mol. The normalized spacial score (nSPS) is 11.2. The van der Waals surface area contributed by atoms with Crippen LogP contribution in [0.5, 0.6) is 0 Å². The van der Waals surface area contributed by atoms with E-state index in [1.165, 1.54) is 6.07 Å². The van der Waals surface area contributed by atoms with Gasteiger partial charge >= 0.3 is 0 Å². The average Bonchev–Trinajstić information content (AvgIpc) is 2.29. The number of rotatable bonds is 6. The Morgan fingerprint density at radius 1 is 1.35 bits per heavy atom. The third-order valence-corrected chi connectivity index (χ3v) is 2.81. The Labute approximate surface area is 102 Å². The first-order chi connectivity index (χ1) is 8.08. The Balaban J connectivity index is 2.51. The zero-order valence-corrected chi connectivity index (χ0v) is 10.5. The molecule has 1 aromatic rings. The summed E-state index contributed by atoms with van der Waals surface area (Å²) in [6.45, 7) is 5.54. The zero-order valence-electron chi connectivity index (χ0n) is 10.5. The number of benzene rings is 1. The van der Waals surface area contributed by atoms with Crippen LogP contribution in [0.25, 0.3) is 0 Å². The molecule has 0 aliphatic carbocycles. The largest absolute Gasteiger partial charge is 0.316 e. The predicted octanol–water partition coefficient (Wildman–Crippen LogP) is 3.00. The smallest absolute Gasteiger partial charge is 0.126 e. The molecule has 2 nitrogen and oxygen atoms in total. The van der Waals surface area contributed by atoms with E-state index >= 15 is 0 Å². The van der Waals surface area contributed by atoms with E-state index in [1.54, 1.807) is 6.07 Å². The van der Waals surface area contributed by atoms with Crippen molar-refractivity contribution in [3.8, 4) is 6.07 Å². The molecule has 3 heteroatoms. The first-order valence-corrected chi connectivity index (χ1v) is 5.90. The highest BCUT2D eigenvalue weighted by Crippen LogP contribution is 2.24. The van der Waals surface area contributed by atoms with Crippen molar-refractivity contribution in [2.75, 3.05) is 13.1 Å². The lowest BCUT2D eigenvalue weighted by molar-refractivity contribution is 0.443. The molecule has 92 valence electrons. The van der Waals surface area contributed by atoms with Crippen LogP contribution in [0.4, 0.5) is 4.39 Å². The average molecular weight is 234 g/mol. The maximum absolute atomic E-state index is 13.6. The molecule has 0 radical (unpaired) electrons. The number of nitriles is 1. The molecule has 0 heterocycles. The number of unbranched alkanes of at least 4 members (excludes halogenated alkanes) is 1. The van der Waals surface area contributed by atoms with Crippen LogP contribution < -0.4 is 5.32 Å². The second-order valence-electron chi connectivity index (χ2n) is 4.80. The molecule has 0 aliphatic rings. The molecule has 0 saturated carbocycles. The summed E-state index contributed by atoms with van der Waals surface area (Å²) in [6, 6.07) is 8.99. The number of hydrogen-bond donors (Lipinski definition) is 1. The minimum absolute atomic E-state index is 0.156. The van der Waals surface area contributed by atoms with E-state index in [9.17, 15) is 4.39 Å². The van der Waals surface area contributed by atoms with Crippen LogP contribution in [-0.4, -0.2) is 13.1 Å². The van der Waals surface area contributed by atoms with Crippen LogP contribution in [0, 0.1) is 17.1 Å². The molecule has 1 rings (SSSR count). The lowest BCUT2D eigenvalue weighted by Gasteiger charge is -2.26. The molecule has 0 bridgehead atoms. The summed E-state index contributed by atoms with van der Waals surface area (Å²) in [6.07, 6.45) is 1.40. The molecule has 0 aromatic heterocycles. The lowest BCUT2D eigenvalue weighted by Crippen LogP contribution is -2.34. The van der Waals surface area contributed by atoms with Gasteiger partial charge in [0.2, 0.25) is 0 Å². The molecule has 0 amide bonds. The van der Waals surface area contributed by atoms with Gasteiger partial charge in [0.25, 0.3) is 0 Å². The van der Waals surface area contributed by atoms with Crippen molar-refractivity contribution in [3.63, 3.8) is 0 Å². The highest BCUT2D eigenvalue weighted by molar-refractivity contribution is 5.25. The van der Waals surface area contributed by atoms with Crippen molar-refractivity contribution in [2.45, 2.75) is 32.1 Å². The quantitative estimate of drug-likeness (QED) is 0.768. The Morgan fingerprint density at radius 2 is 2.06 bits per heavy atom. The third kappa shape index (κ3) is 4.16. The molecule has 0 atom stereocenters. The van der Waals surface area contributed by atoms with Crippen LogP contribution >= 0.6 is 0 Å². The summed E-state index contributed by atoms with van der Waals surface area (Å²) < 4.78 is 13.6. The van der Waals surface area contributed by atoms with Crippen molar-refractivity contribution in [1.82, 2.24) is 5.32 Å². The van der Waals surface area contributed by atoms with Crippen molar-refractivity contribution < 1.29 is 4.39 Å². The molecule has 0 unspecified atom stereocenters. The minimum atomic E-state index is -0.238. The molecule has 0 spiro atoms. The molecular formula is C14H19FN2. The van der Waals surface area contributed by atoms with Gasteiger partial charge in [0.1, 0.15) is 5.82 Å². The van der Waals surface area contributed by atoms with E-state index < -0.39 is 0 Å². The fraction of sp³-hybridized carbons (Fsp3) is 0.500. The molecule has 0 saturated heterocycles. The molecule has 1 aromatic carbocycles. The van der Waals surface area contributed by atoms with Crippen molar-refractivity contribution in [2.24, 2.45) is 0 Å². The Kier molecular flexibility index (Phi) is 5.11. The second kappa shape index (κ2) is 6.36. The molecule has 1 N–H and O–H groups in total. The summed E-state index contributed by atoms with van der Waals surface area (Å²) in [4.78, 5) is 0. The van der Waals surface area contributed by atoms with Gasteiger partial charge in [-0.3, -0.25) is 0 Å². The van der Waals surface area contributed by atoms with Crippen molar-refractivity contribution >= 4 is 0 Å². The fourth-order valence-corrected chi connectivity index (χ4v) is 1.80. The van der Waals surface area contributed by atoms with Crippen LogP contribution in [0.15, 0.2) is 24.3 Å². The van der Waals surface area contributed by atoms with Gasteiger partial charge in [0.15, 0.2) is 0 Å². The fourth-order valence-electron chi connectivity index (χ4n) is 1.80. The van der Waals surface area contributed by atoms with Crippen molar-refractivity contribution in [1.29, 1.82) is 5.26 Å². The highest BCUT2D eigenvalue weighted by Gasteiger charge is 2.22. The number of nitrogens with one attached hydrogen (secondary N) is 1. The van der Waals surface area contributed by atoms with Gasteiger partial charge in [-0.2, -0.15) is 5.26 Å². The van der Waals surface area contributed by atoms with Gasteiger partial charge in [-0.05, 0) is 24.6 Å². The van der Waals surface area contributed by atoms with Gasteiger partial charge in [-0.25, -0.2) is 4.39 Å². The maximum Gasteiger partial charge on any atom is 0.126 e. The molecule has 0 aliphatic heterocycles. The van der Waals surface area contributed by atoms with E-state index in [4.69, 9.17) is 5.26 Å². The number of halogens is 1. The summed E-state index contributed by atoms with van der Waals surface area (Å²) in [5, 5.41) is 11.7. The zero-order chi connectivity index (χ0) is 12.7. The molecule has 17 heavy (non-hydrogen) atoms. The van der Waals surface area contributed by atoms with E-state index in [1.807, 2.05) is 26.0 Å². The van der Waals surface area contributed by atoms with Crippen molar-refractivity contribution in [3.05, 3.63) is 35.6 Å². The third-order valence-electron chi connectivity index (χ3n) is 2.81. The first kappa shape index (κ1) is 13.7. The van der Waals surface area contributed by atoms with Crippen LogP contribution in [0.3, 0.4) is 0 Å². The Morgan fingerprint density at radius 3 is 2.71 bits per heavy atom. The SMILES string of the molecule is CC(C)(CNCCCC#N)c1ccccc1F. The Hall–Kier alpha value is -1.40. The summed E-state index contributed by atoms with van der Waals surface area (Å²) in [5.74, 6) is -0.156. The van der Waals surface area contributed by atoms with E-state index in [2.05, 4.69) is 11.4 Å². The van der Waals surface area contributed by atoms with E-state index in [0.717, 1.165) is 18.5 Å². The highest BCUT2D eigenvalue weighted by atomic mass is 19.1. The van der Waals surface area contributed by atoms with Crippen LogP contribution in [0.1, 0.15) is 32.3 Å². The molecule has 0 fully saturated rings. The van der Waals surface area contributed by atoms with Gasteiger partial charge in [0, 0.05) is 18.4 Å². The van der Waals surface area contributed by atoms with Gasteiger partial charge < -0.3 is 5.32 Å². The van der Waals surface area contributed by atoms with Gasteiger partial charge in [-0.1, -0.05) is 32.0 Å². The maximum atomic E-state index is 13.6. The van der Waals surface area contributed by atoms with E-state index in [-0.39, 0.29) is 11.2 Å². The summed E-state index contributed by atoms with van der Waals surface area (Å²) in [5.41, 5.74) is 0.491. The van der Waals surface area contributed by atoms with Crippen LogP contribution in [0.2, 0.25) is 0 Å². The lowest BCUT2D eigenvalue weighted by atomic mass is 9.84. The van der Waals surface area contributed by atoms with Gasteiger partial charge in [0.05, 0.1) is 6.07 Å². The summed E-state index contributed by atoms with van der Waals surface area (Å²) >= 11 is 0. The summed E-state index contributed by atoms with van der Waals surface area (Å²) in [7, 11) is 0. The van der Waals surface area contributed by atoms with E-state index in [0.29, 0.717) is 13.0 Å². The second-order valence-corrected chi connectivity index (χ2v) is 4.80. The first-order valence-electron chi connectivity index (χ1n) is 5.90. The Bertz CT molecular complexity index is 393. The predicted molar refractivity (Wildman–Crippen MR) is 67.1 cm³/mol. The topological polar surface area (TPSA) is 35.8 Å². The molecular weight excluding hydrogens is 215 g/mol.